The van der Waals surface area contributed by atoms with Crippen LogP contribution < -0.4 is 0 Å². The lowest BCUT2D eigenvalue weighted by Gasteiger charge is -2.00. The van der Waals surface area contributed by atoms with Gasteiger partial charge in [0.25, 0.3) is 0 Å². The van der Waals surface area contributed by atoms with Gasteiger partial charge in [-0.05, 0) is 75.5 Å². The van der Waals surface area contributed by atoms with Crippen LogP contribution in [0.25, 0.3) is 0 Å². The molecule has 0 saturated heterocycles. The summed E-state index contributed by atoms with van der Waals surface area (Å²) in [7, 11) is 0. The molecule has 0 amide bonds. The maximum Gasteiger partial charge on any atom is 0.179 e. The molecule has 5 heteroatoms. The van der Waals surface area contributed by atoms with E-state index in [1.165, 1.54) is 11.1 Å². The van der Waals surface area contributed by atoms with Crippen LogP contribution >= 0.6 is 43.6 Å². The number of benzene rings is 2. The summed E-state index contributed by atoms with van der Waals surface area (Å²) in [6, 6.07) is 16.4. The van der Waals surface area contributed by atoms with E-state index < -0.39 is 0 Å². The van der Waals surface area contributed by atoms with E-state index >= 15 is 0 Å². The molecule has 0 bridgehead atoms. The largest absolute Gasteiger partial charge is 0.447 e. The molecule has 1 heterocycles. The van der Waals surface area contributed by atoms with Crippen LogP contribution in [0.15, 0.2) is 76.9 Å². The summed E-state index contributed by atoms with van der Waals surface area (Å²) in [5, 5.41) is 0.822. The maximum atomic E-state index is 5.89. The van der Waals surface area contributed by atoms with Crippen LogP contribution in [-0.2, 0) is 0 Å². The highest BCUT2D eigenvalue weighted by atomic mass is 79.9. The summed E-state index contributed by atoms with van der Waals surface area (Å²) >= 11 is 8.67. The minimum atomic E-state index is 0.712. The Labute approximate surface area is 162 Å². The van der Waals surface area contributed by atoms with Crippen LogP contribution in [0.2, 0.25) is 0 Å². The molecule has 0 aliphatic rings. The van der Waals surface area contributed by atoms with Gasteiger partial charge in [0.15, 0.2) is 5.09 Å². The van der Waals surface area contributed by atoms with Gasteiger partial charge in [0, 0.05) is 15.4 Å². The van der Waals surface area contributed by atoms with Crippen molar-refractivity contribution in [2.45, 2.75) is 23.8 Å². The van der Waals surface area contributed by atoms with Crippen LogP contribution in [0.5, 0.6) is 0 Å². The van der Waals surface area contributed by atoms with Gasteiger partial charge < -0.3 is 4.42 Å². The summed E-state index contributed by atoms with van der Waals surface area (Å²) in [6.07, 6.45) is 1.74. The van der Waals surface area contributed by atoms with Crippen LogP contribution in [-0.4, -0.2) is 6.21 Å². The lowest BCUT2D eigenvalue weighted by molar-refractivity contribution is 0.466. The Balaban J connectivity index is 1.78. The van der Waals surface area contributed by atoms with Crippen molar-refractivity contribution >= 4 is 55.5 Å². The van der Waals surface area contributed by atoms with E-state index in [1.54, 1.807) is 18.0 Å². The summed E-state index contributed by atoms with van der Waals surface area (Å²) in [6.45, 7) is 4.13. The second-order valence-electron chi connectivity index (χ2n) is 5.41. The fourth-order valence-electron chi connectivity index (χ4n) is 2.07. The second-order valence-corrected chi connectivity index (χ2v) is 8.17. The number of hydrogen-bond acceptors (Lipinski definition) is 3. The molecule has 0 fully saturated rings. The first-order valence-electron chi connectivity index (χ1n) is 7.35. The van der Waals surface area contributed by atoms with Gasteiger partial charge in [-0.15, -0.1) is 0 Å². The zero-order valence-corrected chi connectivity index (χ0v) is 17.2. The molecule has 2 nitrogen and oxygen atoms in total. The Morgan fingerprint density at radius 2 is 1.62 bits per heavy atom. The smallest absolute Gasteiger partial charge is 0.179 e. The van der Waals surface area contributed by atoms with Crippen LogP contribution in [0.1, 0.15) is 16.9 Å². The molecule has 24 heavy (non-hydrogen) atoms. The zero-order chi connectivity index (χ0) is 17.1. The molecule has 0 aliphatic heterocycles. The second kappa shape index (κ2) is 7.72. The fourth-order valence-corrected chi connectivity index (χ4v) is 3.99. The van der Waals surface area contributed by atoms with Gasteiger partial charge in [-0.2, -0.15) is 0 Å². The van der Waals surface area contributed by atoms with E-state index in [4.69, 9.17) is 4.42 Å². The predicted molar refractivity (Wildman–Crippen MR) is 108 cm³/mol. The lowest BCUT2D eigenvalue weighted by atomic mass is 10.2. The van der Waals surface area contributed by atoms with Crippen molar-refractivity contribution in [1.82, 2.24) is 0 Å². The SMILES string of the molecule is Cc1ccc(Sc2oc(C=Nc3ccc(C)cc3Br)cc2Br)cc1. The summed E-state index contributed by atoms with van der Waals surface area (Å²) in [4.78, 5) is 5.63. The Kier molecular flexibility index (Phi) is 5.64. The quantitative estimate of drug-likeness (QED) is 0.378. The van der Waals surface area contributed by atoms with E-state index in [-0.39, 0.29) is 0 Å². The standard InChI is InChI=1S/C19H15Br2NOS/c1-12-3-6-15(7-4-12)24-19-17(21)10-14(23-19)11-22-18-8-5-13(2)9-16(18)20/h3-11H,1-2H3. The number of aliphatic imine (C=N–C) groups is 1. The van der Waals surface area contributed by atoms with E-state index in [2.05, 4.69) is 75.0 Å². The van der Waals surface area contributed by atoms with Gasteiger partial charge in [-0.3, -0.25) is 4.99 Å². The van der Waals surface area contributed by atoms with Crippen molar-refractivity contribution in [2.24, 2.45) is 4.99 Å². The number of rotatable bonds is 4. The van der Waals surface area contributed by atoms with Crippen molar-refractivity contribution < 1.29 is 4.42 Å². The Bertz CT molecular complexity index is 885. The van der Waals surface area contributed by atoms with E-state index in [9.17, 15) is 0 Å². The fraction of sp³-hybridized carbons (Fsp3) is 0.105. The van der Waals surface area contributed by atoms with Gasteiger partial charge in [0.05, 0.1) is 16.4 Å². The normalized spacial score (nSPS) is 11.3. The molecule has 0 spiro atoms. The molecule has 0 saturated carbocycles. The summed E-state index contributed by atoms with van der Waals surface area (Å²) in [5.41, 5.74) is 3.31. The van der Waals surface area contributed by atoms with Crippen LogP contribution in [0, 0.1) is 13.8 Å². The molecule has 0 unspecified atom stereocenters. The number of furan rings is 1. The lowest BCUT2D eigenvalue weighted by Crippen LogP contribution is -1.77. The first-order chi connectivity index (χ1) is 11.5. The number of halogens is 2. The molecule has 3 aromatic rings. The first kappa shape index (κ1) is 17.5. The molecular weight excluding hydrogens is 450 g/mol. The highest BCUT2D eigenvalue weighted by molar-refractivity contribution is 9.10. The monoisotopic (exact) mass is 463 g/mol. The van der Waals surface area contributed by atoms with E-state index in [0.717, 1.165) is 24.6 Å². The van der Waals surface area contributed by atoms with Gasteiger partial charge in [-0.1, -0.05) is 35.5 Å². The molecule has 2 aromatic carbocycles. The Morgan fingerprint density at radius 1 is 0.917 bits per heavy atom. The molecule has 0 aliphatic carbocycles. The maximum absolute atomic E-state index is 5.89. The third-order valence-corrected chi connectivity index (χ3v) is 5.82. The minimum absolute atomic E-state index is 0.712. The van der Waals surface area contributed by atoms with Gasteiger partial charge in [0.1, 0.15) is 5.76 Å². The molecular formula is C19H15Br2NOS. The van der Waals surface area contributed by atoms with Gasteiger partial charge in [0.2, 0.25) is 0 Å². The third-order valence-electron chi connectivity index (χ3n) is 3.34. The minimum Gasteiger partial charge on any atom is -0.447 e. The number of hydrogen-bond donors (Lipinski definition) is 0. The van der Waals surface area contributed by atoms with E-state index in [1.807, 2.05) is 24.3 Å². The van der Waals surface area contributed by atoms with Crippen molar-refractivity contribution in [2.75, 3.05) is 0 Å². The Hall–Kier alpha value is -1.30. The highest BCUT2D eigenvalue weighted by Gasteiger charge is 2.10. The van der Waals surface area contributed by atoms with Crippen LogP contribution in [0.3, 0.4) is 0 Å². The highest BCUT2D eigenvalue weighted by Crippen LogP contribution is 2.36. The predicted octanol–water partition coefficient (Wildman–Crippen LogP) is 7.32. The van der Waals surface area contributed by atoms with Crippen LogP contribution in [0.4, 0.5) is 5.69 Å². The molecule has 1 aromatic heterocycles. The molecule has 0 atom stereocenters. The van der Waals surface area contributed by atoms with Crippen molar-refractivity contribution in [3.05, 3.63) is 74.4 Å². The van der Waals surface area contributed by atoms with E-state index in [0.29, 0.717) is 5.76 Å². The third kappa shape index (κ3) is 4.41. The topological polar surface area (TPSA) is 25.5 Å². The average molecular weight is 465 g/mol. The summed E-state index contributed by atoms with van der Waals surface area (Å²) in [5.74, 6) is 0.712. The number of nitrogens with zero attached hydrogens (tertiary/aromatic N) is 1. The molecule has 122 valence electrons. The van der Waals surface area contributed by atoms with Crippen molar-refractivity contribution in [1.29, 1.82) is 0 Å². The van der Waals surface area contributed by atoms with Crippen molar-refractivity contribution in [3.63, 3.8) is 0 Å². The average Bonchev–Trinajstić information content (AvgIpc) is 2.89. The number of aryl methyl sites for hydroxylation is 2. The molecule has 0 radical (unpaired) electrons. The zero-order valence-electron chi connectivity index (χ0n) is 13.2. The Morgan fingerprint density at radius 3 is 2.33 bits per heavy atom. The summed E-state index contributed by atoms with van der Waals surface area (Å²) < 4.78 is 7.78. The first-order valence-corrected chi connectivity index (χ1v) is 9.75. The molecule has 3 rings (SSSR count). The molecule has 0 N–H and O–H groups in total. The van der Waals surface area contributed by atoms with Gasteiger partial charge >= 0.3 is 0 Å². The van der Waals surface area contributed by atoms with Gasteiger partial charge in [-0.25, -0.2) is 0 Å². The van der Waals surface area contributed by atoms with Crippen molar-refractivity contribution in [3.8, 4) is 0 Å².